The number of nitrogens with zero attached hydrogens (tertiary/aromatic N) is 3. The molecule has 25 heavy (non-hydrogen) atoms. The molecule has 128 valence electrons. The van der Waals surface area contributed by atoms with E-state index in [0.29, 0.717) is 10.6 Å². The van der Waals surface area contributed by atoms with Crippen LogP contribution in [0.4, 0.5) is 5.69 Å². The van der Waals surface area contributed by atoms with Crippen molar-refractivity contribution in [2.75, 3.05) is 0 Å². The van der Waals surface area contributed by atoms with E-state index in [1.165, 1.54) is 23.9 Å². The number of benzene rings is 1. The van der Waals surface area contributed by atoms with Crippen LogP contribution in [0.2, 0.25) is 0 Å². The molecule has 1 aromatic carbocycles. The highest BCUT2D eigenvalue weighted by Crippen LogP contribution is 2.31. The van der Waals surface area contributed by atoms with Gasteiger partial charge in [0.15, 0.2) is 0 Å². The van der Waals surface area contributed by atoms with E-state index in [9.17, 15) is 15.4 Å². The zero-order chi connectivity index (χ0) is 18.2. The quantitative estimate of drug-likeness (QED) is 0.350. The average molecular weight is 353 g/mol. The van der Waals surface area contributed by atoms with Gasteiger partial charge < -0.3 is 0 Å². The minimum atomic E-state index is -0.438. The number of allylic oxidation sites excluding steroid dienone is 1. The van der Waals surface area contributed by atoms with Crippen molar-refractivity contribution in [3.05, 3.63) is 64.3 Å². The molecule has 1 heterocycles. The predicted octanol–water partition coefficient (Wildman–Crippen LogP) is 5.61. The lowest BCUT2D eigenvalue weighted by molar-refractivity contribution is -0.384. The van der Waals surface area contributed by atoms with Gasteiger partial charge in [-0.3, -0.25) is 10.1 Å². The van der Waals surface area contributed by atoms with Crippen molar-refractivity contribution < 1.29 is 4.92 Å². The van der Waals surface area contributed by atoms with Gasteiger partial charge in [0.25, 0.3) is 5.69 Å². The Morgan fingerprint density at radius 1 is 1.36 bits per heavy atom. The zero-order valence-corrected chi connectivity index (χ0v) is 14.9. The number of non-ortho nitro benzene ring substituents is 1. The fraction of sp³-hybridized carbons (Fsp3) is 0.263. The van der Waals surface area contributed by atoms with Gasteiger partial charge in [0.2, 0.25) is 0 Å². The van der Waals surface area contributed by atoms with Crippen LogP contribution < -0.4 is 0 Å². The molecule has 0 N–H and O–H groups in total. The van der Waals surface area contributed by atoms with Crippen molar-refractivity contribution in [1.29, 1.82) is 5.26 Å². The lowest BCUT2D eigenvalue weighted by Crippen LogP contribution is -1.92. The van der Waals surface area contributed by atoms with Crippen LogP contribution in [-0.2, 0) is 0 Å². The van der Waals surface area contributed by atoms with Gasteiger partial charge in [-0.1, -0.05) is 38.1 Å². The second kappa shape index (κ2) is 9.00. The molecule has 0 spiro atoms. The third-order valence-corrected chi connectivity index (χ3v) is 4.75. The molecule has 0 fully saturated rings. The van der Waals surface area contributed by atoms with Crippen LogP contribution >= 0.6 is 11.8 Å². The molecule has 0 atom stereocenters. The van der Waals surface area contributed by atoms with Gasteiger partial charge in [-0.05, 0) is 42.2 Å². The lowest BCUT2D eigenvalue weighted by atomic mass is 10.0. The Morgan fingerprint density at radius 3 is 2.68 bits per heavy atom. The Kier molecular flexibility index (Phi) is 6.72. The predicted molar refractivity (Wildman–Crippen MR) is 99.3 cm³/mol. The number of hydrogen-bond donors (Lipinski definition) is 0. The molecule has 0 aliphatic rings. The number of aromatic nitrogens is 1. The number of nitro benzene ring substituents is 1. The van der Waals surface area contributed by atoms with Crippen molar-refractivity contribution in [3.8, 4) is 6.07 Å². The summed E-state index contributed by atoms with van der Waals surface area (Å²) in [6, 6.07) is 10.2. The molecule has 1 aromatic heterocycles. The SMILES string of the molecule is C=C(CCCCC)c1cnc(Sc2ccc([N+](=O)[O-])cc2)c(C#N)c1. The Bertz CT molecular complexity index is 810. The first-order chi connectivity index (χ1) is 12.0. The third-order valence-electron chi connectivity index (χ3n) is 3.72. The van der Waals surface area contributed by atoms with Crippen LogP contribution in [0.3, 0.4) is 0 Å². The highest BCUT2D eigenvalue weighted by molar-refractivity contribution is 7.99. The van der Waals surface area contributed by atoms with Gasteiger partial charge in [-0.15, -0.1) is 0 Å². The molecule has 0 saturated heterocycles. The number of pyridine rings is 1. The molecule has 2 rings (SSSR count). The number of nitro groups is 1. The molecule has 0 aliphatic carbocycles. The lowest BCUT2D eigenvalue weighted by Gasteiger charge is -2.08. The largest absolute Gasteiger partial charge is 0.269 e. The van der Waals surface area contributed by atoms with Crippen molar-refractivity contribution in [2.45, 2.75) is 42.5 Å². The highest BCUT2D eigenvalue weighted by atomic mass is 32.2. The average Bonchev–Trinajstić information content (AvgIpc) is 2.62. The summed E-state index contributed by atoms with van der Waals surface area (Å²) in [7, 11) is 0. The summed E-state index contributed by atoms with van der Waals surface area (Å²) >= 11 is 1.32. The van der Waals surface area contributed by atoms with Crippen molar-refractivity contribution in [3.63, 3.8) is 0 Å². The second-order valence-corrected chi connectivity index (χ2v) is 6.66. The molecule has 6 heteroatoms. The Morgan fingerprint density at radius 2 is 2.08 bits per heavy atom. The van der Waals surface area contributed by atoms with E-state index in [0.717, 1.165) is 41.7 Å². The molecule has 0 unspecified atom stereocenters. The van der Waals surface area contributed by atoms with Crippen molar-refractivity contribution >= 4 is 23.0 Å². The van der Waals surface area contributed by atoms with Gasteiger partial charge in [-0.2, -0.15) is 5.26 Å². The van der Waals surface area contributed by atoms with E-state index in [1.54, 1.807) is 18.3 Å². The van der Waals surface area contributed by atoms with Crippen LogP contribution in [0, 0.1) is 21.4 Å². The first kappa shape index (κ1) is 18.7. The van der Waals surface area contributed by atoms with Gasteiger partial charge in [-0.25, -0.2) is 4.98 Å². The molecule has 0 radical (unpaired) electrons. The third kappa shape index (κ3) is 5.16. The number of rotatable bonds is 8. The first-order valence-corrected chi connectivity index (χ1v) is 8.87. The molecular weight excluding hydrogens is 334 g/mol. The fourth-order valence-electron chi connectivity index (χ4n) is 2.29. The smallest absolute Gasteiger partial charge is 0.258 e. The fourth-order valence-corrected chi connectivity index (χ4v) is 3.10. The van der Waals surface area contributed by atoms with E-state index in [1.807, 2.05) is 6.07 Å². The van der Waals surface area contributed by atoms with Crippen LogP contribution in [0.5, 0.6) is 0 Å². The van der Waals surface area contributed by atoms with Crippen molar-refractivity contribution in [2.24, 2.45) is 0 Å². The Balaban J connectivity index is 2.15. The van der Waals surface area contributed by atoms with Crippen LogP contribution in [0.1, 0.15) is 43.7 Å². The van der Waals surface area contributed by atoms with Gasteiger partial charge >= 0.3 is 0 Å². The topological polar surface area (TPSA) is 79.8 Å². The summed E-state index contributed by atoms with van der Waals surface area (Å²) < 4.78 is 0. The van der Waals surface area contributed by atoms with E-state index in [2.05, 4.69) is 24.6 Å². The molecule has 5 nitrogen and oxygen atoms in total. The van der Waals surface area contributed by atoms with Crippen LogP contribution in [0.25, 0.3) is 5.57 Å². The van der Waals surface area contributed by atoms with E-state index < -0.39 is 4.92 Å². The van der Waals surface area contributed by atoms with E-state index in [-0.39, 0.29) is 5.69 Å². The normalized spacial score (nSPS) is 10.2. The summed E-state index contributed by atoms with van der Waals surface area (Å²) in [5.74, 6) is 0. The standard InChI is InChI=1S/C19H19N3O2S/c1-3-4-5-6-14(2)16-11-15(12-20)19(21-13-16)25-18-9-7-17(8-10-18)22(23)24/h7-11,13H,2-6H2,1H3. The first-order valence-electron chi connectivity index (χ1n) is 8.05. The van der Waals surface area contributed by atoms with Gasteiger partial charge in [0, 0.05) is 23.2 Å². The Hall–Kier alpha value is -2.65. The molecule has 0 bridgehead atoms. The van der Waals surface area contributed by atoms with Gasteiger partial charge in [0.1, 0.15) is 11.1 Å². The minimum Gasteiger partial charge on any atom is -0.258 e. The number of hydrogen-bond acceptors (Lipinski definition) is 5. The molecular formula is C19H19N3O2S. The summed E-state index contributed by atoms with van der Waals surface area (Å²) in [5, 5.41) is 20.7. The summed E-state index contributed by atoms with van der Waals surface area (Å²) in [4.78, 5) is 15.5. The van der Waals surface area contributed by atoms with Gasteiger partial charge in [0.05, 0.1) is 10.5 Å². The highest BCUT2D eigenvalue weighted by Gasteiger charge is 2.11. The maximum absolute atomic E-state index is 10.7. The van der Waals surface area contributed by atoms with E-state index >= 15 is 0 Å². The minimum absolute atomic E-state index is 0.0385. The molecule has 2 aromatic rings. The summed E-state index contributed by atoms with van der Waals surface area (Å²) in [6.45, 7) is 6.25. The maximum Gasteiger partial charge on any atom is 0.269 e. The Labute approximate surface area is 151 Å². The molecule has 0 amide bonds. The zero-order valence-electron chi connectivity index (χ0n) is 14.1. The molecule has 0 aliphatic heterocycles. The summed E-state index contributed by atoms with van der Waals surface area (Å²) in [5.41, 5.74) is 2.40. The van der Waals surface area contributed by atoms with Crippen LogP contribution in [0.15, 0.2) is 53.0 Å². The number of unbranched alkanes of at least 4 members (excludes halogenated alkanes) is 2. The maximum atomic E-state index is 10.7. The number of nitriles is 1. The molecule has 0 saturated carbocycles. The van der Waals surface area contributed by atoms with E-state index in [4.69, 9.17) is 0 Å². The van der Waals surface area contributed by atoms with Crippen LogP contribution in [-0.4, -0.2) is 9.91 Å². The monoisotopic (exact) mass is 353 g/mol. The van der Waals surface area contributed by atoms with Crippen molar-refractivity contribution in [1.82, 2.24) is 4.98 Å². The summed E-state index contributed by atoms with van der Waals surface area (Å²) in [6.07, 6.45) is 6.03. The second-order valence-electron chi connectivity index (χ2n) is 5.60.